The summed E-state index contributed by atoms with van der Waals surface area (Å²) in [5.74, 6) is 2.37. The Morgan fingerprint density at radius 3 is 1.62 bits per heavy atom. The third kappa shape index (κ3) is 4.15. The molecule has 0 aliphatic carbocycles. The van der Waals surface area contributed by atoms with Gasteiger partial charge in [0.05, 0.1) is 27.3 Å². The largest absolute Gasteiger partial charge is 0.342 e. The van der Waals surface area contributed by atoms with Crippen molar-refractivity contribution >= 4 is 0 Å². The van der Waals surface area contributed by atoms with E-state index in [4.69, 9.17) is 9.47 Å². The smallest absolute Gasteiger partial charge is 0.254 e. The fourth-order valence-electron chi connectivity index (χ4n) is 2.06. The number of aromatic nitrogens is 4. The van der Waals surface area contributed by atoms with Crippen molar-refractivity contribution in [3.05, 3.63) is 36.4 Å². The highest BCUT2D eigenvalue weighted by molar-refractivity contribution is 4.78. The predicted octanol–water partition coefficient (Wildman–Crippen LogP) is 0.594. The lowest BCUT2D eigenvalue weighted by molar-refractivity contribution is -0.677. The average molecular weight is 294 g/mol. The van der Waals surface area contributed by atoms with Crippen LogP contribution in [0.2, 0.25) is 0 Å². The van der Waals surface area contributed by atoms with E-state index in [1.807, 2.05) is 38.9 Å². The van der Waals surface area contributed by atoms with Crippen LogP contribution in [0.1, 0.15) is 18.1 Å². The number of imidazole rings is 2. The summed E-state index contributed by atoms with van der Waals surface area (Å²) in [4.78, 5) is 0. The molecule has 0 bridgehead atoms. The summed E-state index contributed by atoms with van der Waals surface area (Å²) in [6.07, 6.45) is 9.02. The Bertz CT molecular complexity index is 524. The molecule has 2 heterocycles. The Hall–Kier alpha value is -1.66. The van der Waals surface area contributed by atoms with E-state index >= 15 is 0 Å². The van der Waals surface area contributed by atoms with Gasteiger partial charge in [-0.15, -0.1) is 0 Å². The average Bonchev–Trinajstić information content (AvgIpc) is 2.96. The molecule has 0 unspecified atom stereocenters. The summed E-state index contributed by atoms with van der Waals surface area (Å²) in [6, 6.07) is 0. The van der Waals surface area contributed by atoms with Crippen molar-refractivity contribution in [1.82, 2.24) is 9.13 Å². The van der Waals surface area contributed by atoms with E-state index in [0.717, 1.165) is 6.42 Å². The van der Waals surface area contributed by atoms with E-state index in [9.17, 15) is 0 Å². The van der Waals surface area contributed by atoms with Crippen LogP contribution in [0.5, 0.6) is 0 Å². The number of ether oxygens (including phenoxy) is 2. The van der Waals surface area contributed by atoms with E-state index in [1.54, 1.807) is 0 Å². The Morgan fingerprint density at radius 1 is 0.857 bits per heavy atom. The quantitative estimate of drug-likeness (QED) is 0.528. The molecule has 6 heteroatoms. The van der Waals surface area contributed by atoms with Crippen molar-refractivity contribution in [2.24, 2.45) is 14.1 Å². The minimum atomic E-state index is 0.596. The highest BCUT2D eigenvalue weighted by Crippen LogP contribution is 1.97. The third-order valence-corrected chi connectivity index (χ3v) is 3.83. The molecule has 0 aromatic carbocycles. The van der Waals surface area contributed by atoms with E-state index < -0.39 is 0 Å². The van der Waals surface area contributed by atoms with Gasteiger partial charge in [-0.2, -0.15) is 0 Å². The summed E-state index contributed by atoms with van der Waals surface area (Å²) in [7, 11) is 4.06. The van der Waals surface area contributed by atoms with Gasteiger partial charge in [0.2, 0.25) is 0 Å². The van der Waals surface area contributed by atoms with Crippen LogP contribution >= 0.6 is 0 Å². The molecule has 0 radical (unpaired) electrons. The first-order chi connectivity index (χ1) is 10.1. The molecule has 0 aliphatic heterocycles. The highest BCUT2D eigenvalue weighted by atomic mass is 16.5. The van der Waals surface area contributed by atoms with Crippen LogP contribution in [0.3, 0.4) is 0 Å². The molecular weight excluding hydrogens is 268 g/mol. The number of hydrogen-bond acceptors (Lipinski definition) is 2. The molecule has 0 N–H and O–H groups in total. The maximum absolute atomic E-state index is 5.65. The molecule has 21 heavy (non-hydrogen) atoms. The van der Waals surface area contributed by atoms with Gasteiger partial charge in [0.25, 0.3) is 11.6 Å². The fourth-order valence-corrected chi connectivity index (χ4v) is 2.06. The Balaban J connectivity index is 1.56. The number of nitrogens with zero attached hydrogens (tertiary/aromatic N) is 4. The second-order valence-electron chi connectivity index (χ2n) is 5.28. The van der Waals surface area contributed by atoms with Gasteiger partial charge in [-0.25, -0.2) is 18.3 Å². The van der Waals surface area contributed by atoms with Crippen molar-refractivity contribution in [2.75, 3.05) is 13.2 Å². The number of aryl methyl sites for hydroxylation is 2. The minimum Gasteiger partial charge on any atom is -0.342 e. The molecule has 2 aromatic rings. The number of rotatable bonds is 8. The van der Waals surface area contributed by atoms with E-state index in [2.05, 4.69) is 32.1 Å². The van der Waals surface area contributed by atoms with Gasteiger partial charge in [0.1, 0.15) is 24.8 Å². The lowest BCUT2D eigenvalue weighted by Gasteiger charge is -2.04. The van der Waals surface area contributed by atoms with Gasteiger partial charge in [-0.1, -0.05) is 0 Å². The van der Waals surface area contributed by atoms with Crippen molar-refractivity contribution in [1.29, 1.82) is 0 Å². The maximum Gasteiger partial charge on any atom is 0.254 e. The molecule has 0 atom stereocenters. The zero-order valence-electron chi connectivity index (χ0n) is 13.5. The zero-order valence-corrected chi connectivity index (χ0v) is 13.5. The predicted molar refractivity (Wildman–Crippen MR) is 77.2 cm³/mol. The summed E-state index contributed by atoms with van der Waals surface area (Å²) in [5.41, 5.74) is 0. The lowest BCUT2D eigenvalue weighted by Crippen LogP contribution is -2.30. The number of hydrogen-bond donors (Lipinski definition) is 0. The van der Waals surface area contributed by atoms with Crippen LogP contribution in [0.4, 0.5) is 0 Å². The van der Waals surface area contributed by atoms with E-state index in [0.29, 0.717) is 26.7 Å². The first-order valence-electron chi connectivity index (χ1n) is 7.28. The van der Waals surface area contributed by atoms with Crippen molar-refractivity contribution in [3.63, 3.8) is 0 Å². The first-order valence-corrected chi connectivity index (χ1v) is 7.28. The molecule has 2 rings (SSSR count). The summed E-state index contributed by atoms with van der Waals surface area (Å²) in [6.45, 7) is 6.76. The Morgan fingerprint density at radius 2 is 1.29 bits per heavy atom. The second kappa shape index (κ2) is 7.38. The van der Waals surface area contributed by atoms with Crippen molar-refractivity contribution < 1.29 is 18.6 Å². The first kappa shape index (κ1) is 15.7. The highest BCUT2D eigenvalue weighted by Gasteiger charge is 2.09. The van der Waals surface area contributed by atoms with E-state index in [-0.39, 0.29) is 0 Å². The molecule has 0 saturated heterocycles. The minimum absolute atomic E-state index is 0.596. The molecule has 0 fully saturated rings. The topological polar surface area (TPSA) is 36.1 Å². The summed E-state index contributed by atoms with van der Waals surface area (Å²) >= 11 is 0. The molecule has 116 valence electrons. The molecule has 2 aromatic heterocycles. The normalized spacial score (nSPS) is 11.2. The van der Waals surface area contributed by atoms with Crippen LogP contribution in [-0.2, 0) is 37.0 Å². The van der Waals surface area contributed by atoms with Gasteiger partial charge in [0, 0.05) is 13.8 Å². The maximum atomic E-state index is 5.65. The third-order valence-electron chi connectivity index (χ3n) is 3.83. The summed E-state index contributed by atoms with van der Waals surface area (Å²) < 4.78 is 19.6. The monoisotopic (exact) mass is 294 g/mol. The van der Waals surface area contributed by atoms with Crippen LogP contribution in [-0.4, -0.2) is 22.3 Å². The van der Waals surface area contributed by atoms with Gasteiger partial charge in [-0.05, 0) is 6.42 Å². The molecule has 6 nitrogen and oxygen atoms in total. The summed E-state index contributed by atoms with van der Waals surface area (Å²) in [5, 5.41) is 0. The fraction of sp³-hybridized carbons (Fsp3) is 0.600. The molecule has 0 aliphatic rings. The van der Waals surface area contributed by atoms with Gasteiger partial charge < -0.3 is 9.47 Å². The second-order valence-corrected chi connectivity index (χ2v) is 5.28. The Labute approximate surface area is 126 Å². The van der Waals surface area contributed by atoms with E-state index in [1.165, 1.54) is 11.6 Å². The van der Waals surface area contributed by atoms with Crippen molar-refractivity contribution in [3.8, 4) is 0 Å². The Kier molecular flexibility index (Phi) is 5.52. The standard InChI is InChI=1S/C15H26N4O2/c1-14-16(3)6-8-18(14)12-20-10-5-11-21-13-19-9-7-17(4)15(19)2/h6-9H,5,10-13H2,1-4H3/q+2. The zero-order chi connectivity index (χ0) is 15.2. The molecule has 0 saturated carbocycles. The van der Waals surface area contributed by atoms with Crippen LogP contribution < -0.4 is 9.13 Å². The molecular formula is C15H26N4O2+2. The molecule has 0 amide bonds. The lowest BCUT2D eigenvalue weighted by atomic mass is 10.5. The molecule has 0 spiro atoms. The SMILES string of the molecule is Cc1n(COCCCOCn2cc[n+](C)c2C)cc[n+]1C. The van der Waals surface area contributed by atoms with Crippen LogP contribution in [0.25, 0.3) is 0 Å². The van der Waals surface area contributed by atoms with Crippen LogP contribution in [0.15, 0.2) is 24.8 Å². The van der Waals surface area contributed by atoms with Crippen LogP contribution in [0, 0.1) is 13.8 Å². The van der Waals surface area contributed by atoms with Gasteiger partial charge in [0.15, 0.2) is 13.5 Å². The van der Waals surface area contributed by atoms with Gasteiger partial charge in [-0.3, -0.25) is 0 Å². The van der Waals surface area contributed by atoms with Gasteiger partial charge >= 0.3 is 0 Å². The van der Waals surface area contributed by atoms with Crippen molar-refractivity contribution in [2.45, 2.75) is 33.7 Å².